The summed E-state index contributed by atoms with van der Waals surface area (Å²) >= 11 is 0. The fourth-order valence-corrected chi connectivity index (χ4v) is 3.04. The SMILES string of the molecule is c1cnc2nc(-c3cccc4c3[nH]c3ccccc34)[nH]c2c1. The third kappa shape index (κ3) is 1.52. The van der Waals surface area contributed by atoms with E-state index in [0.29, 0.717) is 0 Å². The molecule has 5 aromatic rings. The van der Waals surface area contributed by atoms with Crippen LogP contribution in [0.25, 0.3) is 44.4 Å². The van der Waals surface area contributed by atoms with Crippen molar-refractivity contribution in [3.63, 3.8) is 0 Å². The highest BCUT2D eigenvalue weighted by Gasteiger charge is 2.12. The molecule has 0 saturated heterocycles. The fraction of sp³-hybridized carbons (Fsp3) is 0. The van der Waals surface area contributed by atoms with Gasteiger partial charge >= 0.3 is 0 Å². The lowest BCUT2D eigenvalue weighted by Gasteiger charge is -1.99. The van der Waals surface area contributed by atoms with E-state index in [1.165, 1.54) is 10.8 Å². The zero-order valence-corrected chi connectivity index (χ0v) is 11.7. The fourth-order valence-electron chi connectivity index (χ4n) is 3.04. The van der Waals surface area contributed by atoms with Gasteiger partial charge < -0.3 is 9.97 Å². The quantitative estimate of drug-likeness (QED) is 0.483. The van der Waals surface area contributed by atoms with Crippen molar-refractivity contribution < 1.29 is 0 Å². The summed E-state index contributed by atoms with van der Waals surface area (Å²) < 4.78 is 0. The number of fused-ring (bicyclic) bond motifs is 4. The normalized spacial score (nSPS) is 11.6. The Morgan fingerprint density at radius 3 is 2.55 bits per heavy atom. The molecule has 104 valence electrons. The molecule has 5 rings (SSSR count). The highest BCUT2D eigenvalue weighted by Crippen LogP contribution is 2.32. The lowest BCUT2D eigenvalue weighted by molar-refractivity contribution is 1.30. The van der Waals surface area contributed by atoms with Crippen LogP contribution >= 0.6 is 0 Å². The van der Waals surface area contributed by atoms with Crippen LogP contribution in [-0.4, -0.2) is 19.9 Å². The summed E-state index contributed by atoms with van der Waals surface area (Å²) in [4.78, 5) is 15.8. The van der Waals surface area contributed by atoms with Crippen LogP contribution in [0.4, 0.5) is 0 Å². The molecule has 0 fully saturated rings. The number of hydrogen-bond donors (Lipinski definition) is 2. The Kier molecular flexibility index (Phi) is 2.19. The van der Waals surface area contributed by atoms with Crippen molar-refractivity contribution in [3.8, 4) is 11.4 Å². The van der Waals surface area contributed by atoms with E-state index in [1.54, 1.807) is 6.20 Å². The lowest BCUT2D eigenvalue weighted by Crippen LogP contribution is -1.82. The average Bonchev–Trinajstić information content (AvgIpc) is 3.15. The number of pyridine rings is 1. The van der Waals surface area contributed by atoms with Gasteiger partial charge in [-0.05, 0) is 24.3 Å². The molecule has 0 saturated carbocycles. The molecule has 4 heteroatoms. The monoisotopic (exact) mass is 284 g/mol. The number of aromatic amines is 2. The number of para-hydroxylation sites is 2. The molecule has 0 radical (unpaired) electrons. The molecular formula is C18H12N4. The van der Waals surface area contributed by atoms with Crippen LogP contribution in [0.15, 0.2) is 60.8 Å². The van der Waals surface area contributed by atoms with Crippen LogP contribution in [0.1, 0.15) is 0 Å². The maximum atomic E-state index is 4.62. The van der Waals surface area contributed by atoms with Crippen LogP contribution in [0.2, 0.25) is 0 Å². The Labute approximate surface area is 125 Å². The van der Waals surface area contributed by atoms with E-state index < -0.39 is 0 Å². The van der Waals surface area contributed by atoms with Crippen LogP contribution in [0, 0.1) is 0 Å². The first-order valence-corrected chi connectivity index (χ1v) is 7.21. The van der Waals surface area contributed by atoms with Crippen molar-refractivity contribution in [3.05, 3.63) is 60.8 Å². The van der Waals surface area contributed by atoms with E-state index in [0.717, 1.165) is 33.6 Å². The zero-order valence-electron chi connectivity index (χ0n) is 11.7. The van der Waals surface area contributed by atoms with Crippen LogP contribution in [0.5, 0.6) is 0 Å². The number of aromatic nitrogens is 4. The topological polar surface area (TPSA) is 57.4 Å². The minimum Gasteiger partial charge on any atom is -0.354 e. The Balaban J connectivity index is 1.87. The van der Waals surface area contributed by atoms with Crippen molar-refractivity contribution >= 4 is 33.0 Å². The number of H-pyrrole nitrogens is 2. The number of imidazole rings is 1. The third-order valence-electron chi connectivity index (χ3n) is 4.05. The molecule has 0 amide bonds. The molecule has 0 aliphatic rings. The van der Waals surface area contributed by atoms with Crippen LogP contribution < -0.4 is 0 Å². The van der Waals surface area contributed by atoms with E-state index in [4.69, 9.17) is 0 Å². The maximum absolute atomic E-state index is 4.62. The van der Waals surface area contributed by atoms with E-state index in [2.05, 4.69) is 56.3 Å². The molecule has 22 heavy (non-hydrogen) atoms. The van der Waals surface area contributed by atoms with Crippen LogP contribution in [-0.2, 0) is 0 Å². The van der Waals surface area contributed by atoms with Crippen molar-refractivity contribution in [2.24, 2.45) is 0 Å². The molecule has 2 aromatic carbocycles. The van der Waals surface area contributed by atoms with E-state index >= 15 is 0 Å². The Hall–Kier alpha value is -3.14. The number of hydrogen-bond acceptors (Lipinski definition) is 2. The smallest absolute Gasteiger partial charge is 0.178 e. The Morgan fingerprint density at radius 1 is 0.727 bits per heavy atom. The highest BCUT2D eigenvalue weighted by molar-refractivity contribution is 6.11. The predicted octanol–water partition coefficient (Wildman–Crippen LogP) is 4.26. The first-order chi connectivity index (χ1) is 10.9. The number of nitrogens with zero attached hydrogens (tertiary/aromatic N) is 2. The second-order valence-electron chi connectivity index (χ2n) is 5.36. The number of nitrogens with one attached hydrogen (secondary N) is 2. The molecule has 2 N–H and O–H groups in total. The number of benzene rings is 2. The van der Waals surface area contributed by atoms with Gasteiger partial charge in [-0.1, -0.05) is 30.3 Å². The van der Waals surface area contributed by atoms with E-state index in [-0.39, 0.29) is 0 Å². The van der Waals surface area contributed by atoms with Gasteiger partial charge in [0, 0.05) is 28.0 Å². The van der Waals surface area contributed by atoms with Gasteiger partial charge in [0.15, 0.2) is 5.65 Å². The summed E-state index contributed by atoms with van der Waals surface area (Å²) in [7, 11) is 0. The largest absolute Gasteiger partial charge is 0.354 e. The average molecular weight is 284 g/mol. The van der Waals surface area contributed by atoms with Crippen molar-refractivity contribution in [2.75, 3.05) is 0 Å². The van der Waals surface area contributed by atoms with Crippen molar-refractivity contribution in [1.82, 2.24) is 19.9 Å². The maximum Gasteiger partial charge on any atom is 0.178 e. The molecular weight excluding hydrogens is 272 g/mol. The van der Waals surface area contributed by atoms with Gasteiger partial charge in [0.05, 0.1) is 11.0 Å². The summed E-state index contributed by atoms with van der Waals surface area (Å²) in [5.74, 6) is 0.839. The van der Waals surface area contributed by atoms with Gasteiger partial charge in [0.25, 0.3) is 0 Å². The van der Waals surface area contributed by atoms with Gasteiger partial charge in [-0.15, -0.1) is 0 Å². The Morgan fingerprint density at radius 2 is 1.59 bits per heavy atom. The van der Waals surface area contributed by atoms with E-state index in [9.17, 15) is 0 Å². The molecule has 0 aliphatic carbocycles. The second kappa shape index (κ2) is 4.18. The molecule has 0 aliphatic heterocycles. The highest BCUT2D eigenvalue weighted by atomic mass is 15.0. The molecule has 3 heterocycles. The van der Waals surface area contributed by atoms with Gasteiger partial charge in [-0.25, -0.2) is 9.97 Å². The molecule has 0 bridgehead atoms. The lowest BCUT2D eigenvalue weighted by atomic mass is 10.1. The van der Waals surface area contributed by atoms with Gasteiger partial charge in [-0.2, -0.15) is 0 Å². The molecule has 4 nitrogen and oxygen atoms in total. The Bertz CT molecular complexity index is 1100. The predicted molar refractivity (Wildman–Crippen MR) is 88.7 cm³/mol. The van der Waals surface area contributed by atoms with Crippen molar-refractivity contribution in [1.29, 1.82) is 0 Å². The summed E-state index contributed by atoms with van der Waals surface area (Å²) in [6, 6.07) is 18.5. The van der Waals surface area contributed by atoms with E-state index in [1.807, 2.05) is 18.2 Å². The third-order valence-corrected chi connectivity index (χ3v) is 4.05. The van der Waals surface area contributed by atoms with Gasteiger partial charge in [-0.3, -0.25) is 0 Å². The summed E-state index contributed by atoms with van der Waals surface area (Å²) in [6.45, 7) is 0. The molecule has 0 atom stereocenters. The summed E-state index contributed by atoms with van der Waals surface area (Å²) in [6.07, 6.45) is 1.76. The van der Waals surface area contributed by atoms with Gasteiger partial charge in [0.2, 0.25) is 0 Å². The summed E-state index contributed by atoms with van der Waals surface area (Å²) in [5.41, 5.74) is 4.99. The van der Waals surface area contributed by atoms with Gasteiger partial charge in [0.1, 0.15) is 5.82 Å². The first kappa shape index (κ1) is 11.5. The van der Waals surface area contributed by atoms with Crippen LogP contribution in [0.3, 0.4) is 0 Å². The zero-order chi connectivity index (χ0) is 14.5. The number of rotatable bonds is 1. The standard InChI is InChI=1S/C18H12N4/c1-2-8-14-11(5-1)12-6-3-7-13(16(12)20-14)17-21-15-9-4-10-19-18(15)22-17/h1-10,20H,(H,19,21,22). The molecule has 3 aromatic heterocycles. The minimum atomic E-state index is 0.741. The molecule has 0 unspecified atom stereocenters. The first-order valence-electron chi connectivity index (χ1n) is 7.21. The second-order valence-corrected chi connectivity index (χ2v) is 5.36. The minimum absolute atomic E-state index is 0.741. The van der Waals surface area contributed by atoms with Crippen molar-refractivity contribution in [2.45, 2.75) is 0 Å². The summed E-state index contributed by atoms with van der Waals surface area (Å²) in [5, 5.41) is 2.44. The molecule has 0 spiro atoms.